The van der Waals surface area contributed by atoms with Crippen LogP contribution in [0.2, 0.25) is 5.02 Å². The van der Waals surface area contributed by atoms with Crippen LogP contribution in [-0.4, -0.2) is 30.7 Å². The second-order valence-corrected chi connectivity index (χ2v) is 6.53. The molecule has 10 heteroatoms. The lowest BCUT2D eigenvalue weighted by Gasteiger charge is -2.26. The van der Waals surface area contributed by atoms with Gasteiger partial charge in [-0.15, -0.1) is 0 Å². The van der Waals surface area contributed by atoms with Gasteiger partial charge in [0.05, 0.1) is 16.3 Å². The number of anilines is 1. The number of rotatable bonds is 4. The van der Waals surface area contributed by atoms with E-state index in [0.29, 0.717) is 17.6 Å². The summed E-state index contributed by atoms with van der Waals surface area (Å²) in [6.45, 7) is 1.16. The van der Waals surface area contributed by atoms with Crippen LogP contribution in [0, 0.1) is 0 Å². The van der Waals surface area contributed by atoms with Gasteiger partial charge in [-0.3, -0.25) is 4.79 Å². The summed E-state index contributed by atoms with van der Waals surface area (Å²) in [6, 6.07) is 9.23. The summed E-state index contributed by atoms with van der Waals surface area (Å²) in [5.74, 6) is -0.871. The summed E-state index contributed by atoms with van der Waals surface area (Å²) in [4.78, 5) is 24.5. The average molecular weight is 430 g/mol. The van der Waals surface area contributed by atoms with Gasteiger partial charge < -0.3 is 19.5 Å². The number of amides is 1. The zero-order valence-corrected chi connectivity index (χ0v) is 15.7. The summed E-state index contributed by atoms with van der Waals surface area (Å²) in [5.41, 5.74) is -1.23. The Balaban J connectivity index is 1.62. The maximum Gasteiger partial charge on any atom is 0.416 e. The van der Waals surface area contributed by atoms with Gasteiger partial charge >= 0.3 is 12.1 Å². The molecule has 3 rings (SSSR count). The molecule has 0 fully saturated rings. The molecule has 0 radical (unpaired) electrons. The number of alkyl halides is 3. The molecule has 1 amide bonds. The van der Waals surface area contributed by atoms with Crippen molar-refractivity contribution in [2.75, 3.05) is 11.9 Å². The number of nitrogens with one attached hydrogen (secondary N) is 1. The maximum absolute atomic E-state index is 12.8. The molecule has 0 spiro atoms. The molecule has 0 saturated carbocycles. The highest BCUT2D eigenvalue weighted by molar-refractivity contribution is 6.33. The molecule has 29 heavy (non-hydrogen) atoms. The minimum Gasteiger partial charge on any atom is -0.485 e. The van der Waals surface area contributed by atoms with E-state index in [2.05, 4.69) is 5.32 Å². The number of esters is 1. The maximum atomic E-state index is 12.8. The lowest BCUT2D eigenvalue weighted by molar-refractivity contribution is -0.162. The molecule has 0 saturated heterocycles. The van der Waals surface area contributed by atoms with Crippen molar-refractivity contribution in [3.05, 3.63) is 53.1 Å². The molecule has 1 heterocycles. The van der Waals surface area contributed by atoms with Crippen molar-refractivity contribution < 1.29 is 37.0 Å². The Hall–Kier alpha value is -2.94. The predicted molar refractivity (Wildman–Crippen MR) is 97.0 cm³/mol. The van der Waals surface area contributed by atoms with Crippen molar-refractivity contribution in [2.45, 2.75) is 25.3 Å². The van der Waals surface area contributed by atoms with Crippen LogP contribution in [0.15, 0.2) is 42.5 Å². The first-order valence-electron chi connectivity index (χ1n) is 8.41. The number of hydrogen-bond donors (Lipinski definition) is 1. The lowest BCUT2D eigenvalue weighted by atomic mass is 10.2. The molecular formula is C19H15ClF3NO5. The van der Waals surface area contributed by atoms with Gasteiger partial charge in [0, 0.05) is 0 Å². The third-order valence-electron chi connectivity index (χ3n) is 3.99. The van der Waals surface area contributed by atoms with E-state index in [9.17, 15) is 22.8 Å². The fraction of sp³-hybridized carbons (Fsp3) is 0.263. The highest BCUT2D eigenvalue weighted by Crippen LogP contribution is 2.34. The molecule has 1 N–H and O–H groups in total. The Morgan fingerprint density at radius 3 is 2.59 bits per heavy atom. The summed E-state index contributed by atoms with van der Waals surface area (Å²) >= 11 is 5.84. The number of ether oxygens (including phenoxy) is 3. The fourth-order valence-corrected chi connectivity index (χ4v) is 2.64. The lowest BCUT2D eigenvalue weighted by Crippen LogP contribution is -2.41. The molecule has 0 aliphatic carbocycles. The van der Waals surface area contributed by atoms with Crippen molar-refractivity contribution in [3.63, 3.8) is 0 Å². The molecule has 2 aromatic rings. The van der Waals surface area contributed by atoms with E-state index < -0.39 is 35.8 Å². The second-order valence-electron chi connectivity index (χ2n) is 6.12. The van der Waals surface area contributed by atoms with Gasteiger partial charge in [-0.1, -0.05) is 23.7 Å². The third kappa shape index (κ3) is 4.92. The molecule has 154 valence electrons. The first-order valence-corrected chi connectivity index (χ1v) is 8.79. The number of fused-ring (bicyclic) bond motifs is 1. The normalized spacial score (nSPS) is 16.7. The average Bonchev–Trinajstić information content (AvgIpc) is 2.68. The molecule has 0 aromatic heterocycles. The summed E-state index contributed by atoms with van der Waals surface area (Å²) in [7, 11) is 0. The SMILES string of the molecule is C[C@H](OC(=O)[C@@H]1COc2ccccc2O1)C(=O)Nc1cc(C(F)(F)F)ccc1Cl. The highest BCUT2D eigenvalue weighted by Gasteiger charge is 2.33. The van der Waals surface area contributed by atoms with Crippen LogP contribution >= 0.6 is 11.6 Å². The Bertz CT molecular complexity index is 934. The van der Waals surface area contributed by atoms with Gasteiger partial charge in [0.15, 0.2) is 17.6 Å². The zero-order chi connectivity index (χ0) is 21.2. The van der Waals surface area contributed by atoms with E-state index in [-0.39, 0.29) is 17.3 Å². The Labute approximate surface area is 168 Å². The van der Waals surface area contributed by atoms with Crippen LogP contribution in [-0.2, 0) is 20.5 Å². The van der Waals surface area contributed by atoms with Crippen molar-refractivity contribution in [1.82, 2.24) is 0 Å². The van der Waals surface area contributed by atoms with Crippen LogP contribution in [0.5, 0.6) is 11.5 Å². The molecule has 1 aliphatic rings. The van der Waals surface area contributed by atoms with Crippen LogP contribution in [0.3, 0.4) is 0 Å². The smallest absolute Gasteiger partial charge is 0.416 e. The van der Waals surface area contributed by atoms with Crippen molar-refractivity contribution >= 4 is 29.2 Å². The first-order chi connectivity index (χ1) is 13.6. The van der Waals surface area contributed by atoms with E-state index in [0.717, 1.165) is 12.1 Å². The Morgan fingerprint density at radius 2 is 1.90 bits per heavy atom. The van der Waals surface area contributed by atoms with E-state index in [4.69, 9.17) is 25.8 Å². The van der Waals surface area contributed by atoms with Gasteiger partial charge in [0.2, 0.25) is 6.10 Å². The second kappa shape index (κ2) is 8.20. The molecule has 2 aromatic carbocycles. The number of halogens is 4. The number of para-hydroxylation sites is 2. The molecular weight excluding hydrogens is 415 g/mol. The summed E-state index contributed by atoms with van der Waals surface area (Å²) < 4.78 is 54.4. The van der Waals surface area contributed by atoms with Crippen LogP contribution in [0.1, 0.15) is 12.5 Å². The number of carbonyl (C=O) groups is 2. The van der Waals surface area contributed by atoms with E-state index >= 15 is 0 Å². The van der Waals surface area contributed by atoms with Crippen molar-refractivity contribution in [3.8, 4) is 11.5 Å². The quantitative estimate of drug-likeness (QED) is 0.742. The topological polar surface area (TPSA) is 73.9 Å². The Kier molecular flexibility index (Phi) is 5.88. The summed E-state index contributed by atoms with van der Waals surface area (Å²) in [6.07, 6.45) is -7.00. The van der Waals surface area contributed by atoms with Crippen LogP contribution in [0.4, 0.5) is 18.9 Å². The third-order valence-corrected chi connectivity index (χ3v) is 4.31. The Morgan fingerprint density at radius 1 is 1.21 bits per heavy atom. The van der Waals surface area contributed by atoms with Crippen LogP contribution in [0.25, 0.3) is 0 Å². The highest BCUT2D eigenvalue weighted by atomic mass is 35.5. The molecule has 0 unspecified atom stereocenters. The predicted octanol–water partition coefficient (Wildman–Crippen LogP) is 4.07. The molecule has 1 aliphatic heterocycles. The van der Waals surface area contributed by atoms with Crippen molar-refractivity contribution in [1.29, 1.82) is 0 Å². The number of carbonyl (C=O) groups excluding carboxylic acids is 2. The molecule has 2 atom stereocenters. The van der Waals surface area contributed by atoms with Gasteiger partial charge in [-0.2, -0.15) is 13.2 Å². The minimum atomic E-state index is -4.60. The van der Waals surface area contributed by atoms with Gasteiger partial charge in [-0.05, 0) is 37.3 Å². The van der Waals surface area contributed by atoms with Gasteiger partial charge in [0.25, 0.3) is 5.91 Å². The first kappa shape index (κ1) is 20.8. The standard InChI is InChI=1S/C19H15ClF3NO5/c1-10(17(25)24-13-8-11(19(21,22)23)6-7-12(13)20)28-18(26)16-9-27-14-4-2-3-5-15(14)29-16/h2-8,10,16H,9H2,1H3,(H,24,25)/t10-,16-/m0/s1. The largest absolute Gasteiger partial charge is 0.485 e. The number of hydrogen-bond acceptors (Lipinski definition) is 5. The fourth-order valence-electron chi connectivity index (χ4n) is 2.47. The van der Waals surface area contributed by atoms with Gasteiger partial charge in [-0.25, -0.2) is 4.79 Å². The number of benzene rings is 2. The van der Waals surface area contributed by atoms with E-state index in [1.165, 1.54) is 6.92 Å². The van der Waals surface area contributed by atoms with E-state index in [1.54, 1.807) is 24.3 Å². The molecule has 6 nitrogen and oxygen atoms in total. The van der Waals surface area contributed by atoms with Gasteiger partial charge in [0.1, 0.15) is 6.61 Å². The minimum absolute atomic E-state index is 0.0921. The van der Waals surface area contributed by atoms with E-state index in [1.807, 2.05) is 0 Å². The zero-order valence-electron chi connectivity index (χ0n) is 15.0. The van der Waals surface area contributed by atoms with Crippen molar-refractivity contribution in [2.24, 2.45) is 0 Å². The monoisotopic (exact) mass is 429 g/mol. The molecule has 0 bridgehead atoms. The van der Waals surface area contributed by atoms with Crippen LogP contribution < -0.4 is 14.8 Å². The summed E-state index contributed by atoms with van der Waals surface area (Å²) in [5, 5.41) is 2.13.